The second-order valence-corrected chi connectivity index (χ2v) is 7.28. The summed E-state index contributed by atoms with van der Waals surface area (Å²) >= 11 is 0. The summed E-state index contributed by atoms with van der Waals surface area (Å²) in [6, 6.07) is 10.2. The molecule has 2 aliphatic heterocycles. The van der Waals surface area contributed by atoms with Crippen molar-refractivity contribution in [2.24, 2.45) is 0 Å². The van der Waals surface area contributed by atoms with Gasteiger partial charge in [-0.25, -0.2) is 0 Å². The van der Waals surface area contributed by atoms with Gasteiger partial charge in [0.2, 0.25) is 18.4 Å². The molecule has 1 N–H and O–H groups in total. The third kappa shape index (κ3) is 2.52. The monoisotopic (exact) mass is 380 g/mol. The van der Waals surface area contributed by atoms with Crippen LogP contribution in [0.4, 0.5) is 0 Å². The molecule has 5 rings (SSSR count). The second kappa shape index (κ2) is 6.49. The van der Waals surface area contributed by atoms with E-state index in [0.717, 1.165) is 41.4 Å². The van der Waals surface area contributed by atoms with E-state index in [1.165, 1.54) is 10.5 Å². The number of nitrogens with zero attached hydrogens (tertiary/aromatic N) is 4. The number of likely N-dealkylation sites (N-methyl/N-ethyl adjacent to an activating group) is 1. The maximum absolute atomic E-state index is 5.80. The first-order valence-corrected chi connectivity index (χ1v) is 9.34. The summed E-state index contributed by atoms with van der Waals surface area (Å²) in [6.45, 7) is 3.23. The smallest absolute Gasteiger partial charge is 0.231 e. The zero-order chi connectivity index (χ0) is 19.3. The summed E-state index contributed by atoms with van der Waals surface area (Å²) < 4.78 is 18.9. The molecule has 0 spiro atoms. The van der Waals surface area contributed by atoms with Crippen molar-refractivity contribution in [2.45, 2.75) is 19.4 Å². The lowest BCUT2D eigenvalue weighted by Gasteiger charge is -2.32. The zero-order valence-corrected chi connectivity index (χ0v) is 16.1. The number of ether oxygens (including phenoxy) is 3. The van der Waals surface area contributed by atoms with Crippen LogP contribution in [0.25, 0.3) is 5.69 Å². The van der Waals surface area contributed by atoms with Gasteiger partial charge in [0.15, 0.2) is 17.5 Å². The minimum atomic E-state index is -0.0799. The Labute approximate surface area is 162 Å². The van der Waals surface area contributed by atoms with E-state index in [0.29, 0.717) is 11.5 Å². The number of aromatic nitrogens is 4. The highest BCUT2D eigenvalue weighted by atomic mass is 16.7. The minimum Gasteiger partial charge on any atom is -0.492 e. The minimum absolute atomic E-state index is 0.0799. The Morgan fingerprint density at radius 3 is 2.96 bits per heavy atom. The Morgan fingerprint density at radius 1 is 1.25 bits per heavy atom. The number of hydrogen-bond donors (Lipinski definition) is 1. The quantitative estimate of drug-likeness (QED) is 0.727. The van der Waals surface area contributed by atoms with E-state index in [1.54, 1.807) is 7.11 Å². The molecule has 8 heteroatoms. The van der Waals surface area contributed by atoms with E-state index in [4.69, 9.17) is 14.2 Å². The van der Waals surface area contributed by atoms with Gasteiger partial charge in [-0.15, -0.1) is 5.10 Å². The van der Waals surface area contributed by atoms with E-state index >= 15 is 0 Å². The summed E-state index contributed by atoms with van der Waals surface area (Å²) in [6.07, 6.45) is 0.927. The van der Waals surface area contributed by atoms with Crippen LogP contribution >= 0.6 is 0 Å². The second-order valence-electron chi connectivity index (χ2n) is 7.28. The van der Waals surface area contributed by atoms with Crippen molar-refractivity contribution in [2.75, 3.05) is 27.5 Å². The van der Waals surface area contributed by atoms with Gasteiger partial charge in [0.05, 0.1) is 32.0 Å². The molecule has 3 heterocycles. The number of nitrogens with one attached hydrogen (secondary N) is 1. The first-order valence-electron chi connectivity index (χ1n) is 9.34. The highest BCUT2D eigenvalue weighted by molar-refractivity contribution is 5.62. The van der Waals surface area contributed by atoms with Gasteiger partial charge >= 0.3 is 0 Å². The maximum Gasteiger partial charge on any atom is 0.231 e. The number of tetrazole rings is 1. The largest absolute Gasteiger partial charge is 0.492 e. The number of aryl methyl sites for hydroxylation is 1. The van der Waals surface area contributed by atoms with E-state index in [2.05, 4.69) is 47.7 Å². The molecule has 0 saturated carbocycles. The molecular weight excluding hydrogens is 358 g/mol. The average molecular weight is 380 g/mol. The van der Waals surface area contributed by atoms with Gasteiger partial charge in [-0.3, -0.25) is 0 Å². The van der Waals surface area contributed by atoms with Crippen molar-refractivity contribution < 1.29 is 19.1 Å². The molecule has 2 atom stereocenters. The number of fused-ring (bicyclic) bond motifs is 2. The Kier molecular flexibility index (Phi) is 3.94. The average Bonchev–Trinajstić information content (AvgIpc) is 3.35. The molecule has 28 heavy (non-hydrogen) atoms. The highest BCUT2D eigenvalue weighted by Crippen LogP contribution is 2.48. The van der Waals surface area contributed by atoms with Gasteiger partial charge in [-0.1, -0.05) is 12.1 Å². The predicted molar refractivity (Wildman–Crippen MR) is 100 cm³/mol. The lowest BCUT2D eigenvalue weighted by Crippen LogP contribution is -3.10. The number of rotatable bonds is 3. The van der Waals surface area contributed by atoms with Crippen LogP contribution in [0.3, 0.4) is 0 Å². The molecule has 0 amide bonds. The van der Waals surface area contributed by atoms with Crippen LogP contribution in [0.15, 0.2) is 30.3 Å². The van der Waals surface area contributed by atoms with Gasteiger partial charge in [-0.2, -0.15) is 4.68 Å². The van der Waals surface area contributed by atoms with Gasteiger partial charge in [0, 0.05) is 6.42 Å². The topological polar surface area (TPSA) is 75.7 Å². The molecule has 0 saturated heterocycles. The SMILES string of the molecule is COc1c2c(cc3c1[C@H](c1nnnn1-c1cccc(C)c1)[NH+](C)CC3)OCO2. The maximum atomic E-state index is 5.80. The van der Waals surface area contributed by atoms with Crippen LogP contribution in [0.1, 0.15) is 28.6 Å². The normalized spacial score (nSPS) is 20.1. The predicted octanol–water partition coefficient (Wildman–Crippen LogP) is 0.868. The Morgan fingerprint density at radius 2 is 2.14 bits per heavy atom. The zero-order valence-electron chi connectivity index (χ0n) is 16.1. The summed E-state index contributed by atoms with van der Waals surface area (Å²) in [5, 5.41) is 12.7. The molecule has 0 bridgehead atoms. The van der Waals surface area contributed by atoms with Crippen molar-refractivity contribution in [3.63, 3.8) is 0 Å². The van der Waals surface area contributed by atoms with Gasteiger partial charge < -0.3 is 19.1 Å². The molecule has 0 aliphatic carbocycles. The number of methoxy groups -OCH3 is 1. The standard InChI is InChI=1S/C20H21N5O3/c1-12-5-4-6-14(9-12)25-20(21-22-23-25)17-16-13(7-8-24(17)2)10-15-18(19(16)26-3)28-11-27-15/h4-6,9-10,17H,7-8,11H2,1-3H3/p+1/t17-/m1/s1. The third-order valence-electron chi connectivity index (χ3n) is 5.52. The number of hydrogen-bond acceptors (Lipinski definition) is 6. The summed E-state index contributed by atoms with van der Waals surface area (Å²) in [4.78, 5) is 1.30. The molecule has 8 nitrogen and oxygen atoms in total. The van der Waals surface area contributed by atoms with E-state index < -0.39 is 0 Å². The molecule has 2 aromatic carbocycles. The molecule has 0 radical (unpaired) electrons. The van der Waals surface area contributed by atoms with Crippen LogP contribution in [0.5, 0.6) is 17.2 Å². The van der Waals surface area contributed by atoms with Crippen LogP contribution in [0.2, 0.25) is 0 Å². The fourth-order valence-electron chi connectivity index (χ4n) is 4.19. The number of benzene rings is 2. The third-order valence-corrected chi connectivity index (χ3v) is 5.52. The first kappa shape index (κ1) is 17.0. The molecule has 0 fully saturated rings. The van der Waals surface area contributed by atoms with E-state index in [9.17, 15) is 0 Å². The summed E-state index contributed by atoms with van der Waals surface area (Å²) in [7, 11) is 3.83. The fraction of sp³-hybridized carbons (Fsp3) is 0.350. The van der Waals surface area contributed by atoms with Crippen molar-refractivity contribution in [3.8, 4) is 22.9 Å². The van der Waals surface area contributed by atoms with Crippen molar-refractivity contribution in [1.29, 1.82) is 0 Å². The highest BCUT2D eigenvalue weighted by Gasteiger charge is 2.40. The van der Waals surface area contributed by atoms with Gasteiger partial charge in [0.1, 0.15) is 0 Å². The molecule has 3 aromatic rings. The Hall–Kier alpha value is -3.13. The van der Waals surface area contributed by atoms with Crippen LogP contribution in [-0.2, 0) is 6.42 Å². The van der Waals surface area contributed by atoms with E-state index in [-0.39, 0.29) is 12.8 Å². The van der Waals surface area contributed by atoms with Crippen LogP contribution in [0, 0.1) is 6.92 Å². The van der Waals surface area contributed by atoms with Gasteiger partial charge in [-0.05, 0) is 46.7 Å². The lowest BCUT2D eigenvalue weighted by molar-refractivity contribution is -0.909. The summed E-state index contributed by atoms with van der Waals surface area (Å²) in [5.41, 5.74) is 4.36. The molecule has 144 valence electrons. The van der Waals surface area contributed by atoms with E-state index in [1.807, 2.05) is 16.8 Å². The van der Waals surface area contributed by atoms with Crippen molar-refractivity contribution in [1.82, 2.24) is 20.2 Å². The molecule has 2 aliphatic rings. The Balaban J connectivity index is 1.71. The molecule has 1 unspecified atom stereocenters. The molecular formula is C20H22N5O3+. The van der Waals surface area contributed by atoms with Crippen molar-refractivity contribution in [3.05, 3.63) is 52.8 Å². The van der Waals surface area contributed by atoms with Gasteiger partial charge in [0.25, 0.3) is 0 Å². The summed E-state index contributed by atoms with van der Waals surface area (Å²) in [5.74, 6) is 2.90. The van der Waals surface area contributed by atoms with Crippen LogP contribution in [-0.4, -0.2) is 47.7 Å². The van der Waals surface area contributed by atoms with Crippen LogP contribution < -0.4 is 19.1 Å². The lowest BCUT2D eigenvalue weighted by atomic mass is 9.90. The van der Waals surface area contributed by atoms with Crippen molar-refractivity contribution >= 4 is 0 Å². The Bertz CT molecular complexity index is 1050. The first-order chi connectivity index (χ1) is 13.7. The number of quaternary nitrogens is 1. The molecule has 1 aromatic heterocycles. The fourth-order valence-corrected chi connectivity index (χ4v) is 4.19.